The summed E-state index contributed by atoms with van der Waals surface area (Å²) in [6, 6.07) is 11.4. The van der Waals surface area contributed by atoms with Gasteiger partial charge in [0.2, 0.25) is 0 Å². The summed E-state index contributed by atoms with van der Waals surface area (Å²) in [5.74, 6) is 0.545. The van der Waals surface area contributed by atoms with Crippen molar-refractivity contribution >= 4 is 17.8 Å². The van der Waals surface area contributed by atoms with E-state index in [4.69, 9.17) is 10.5 Å². The molecule has 136 valence electrons. The van der Waals surface area contributed by atoms with Crippen molar-refractivity contribution in [3.8, 4) is 0 Å². The molecule has 26 heavy (non-hydrogen) atoms. The number of aldehydes is 1. The summed E-state index contributed by atoms with van der Waals surface area (Å²) >= 11 is 0. The number of pyridine rings is 1. The third-order valence-corrected chi connectivity index (χ3v) is 5.33. The van der Waals surface area contributed by atoms with E-state index in [1.165, 1.54) is 5.56 Å². The number of rotatable bonds is 6. The lowest BCUT2D eigenvalue weighted by atomic mass is 9.75. The molecule has 0 bridgehead atoms. The van der Waals surface area contributed by atoms with Crippen LogP contribution in [0.5, 0.6) is 0 Å². The van der Waals surface area contributed by atoms with E-state index in [0.717, 1.165) is 38.2 Å². The lowest BCUT2D eigenvalue weighted by Crippen LogP contribution is -2.67. The molecule has 2 saturated heterocycles. The van der Waals surface area contributed by atoms with E-state index in [0.29, 0.717) is 11.5 Å². The van der Waals surface area contributed by atoms with E-state index in [1.807, 2.05) is 0 Å². The van der Waals surface area contributed by atoms with Crippen LogP contribution in [0.2, 0.25) is 0 Å². The Morgan fingerprint density at radius 1 is 1.27 bits per heavy atom. The van der Waals surface area contributed by atoms with Gasteiger partial charge >= 0.3 is 0 Å². The monoisotopic (exact) mass is 352 g/mol. The molecule has 0 saturated carbocycles. The molecule has 2 aliphatic rings. The van der Waals surface area contributed by atoms with Gasteiger partial charge in [-0.1, -0.05) is 29.8 Å². The maximum Gasteiger partial charge on any atom is 0.149 e. The zero-order valence-corrected chi connectivity index (χ0v) is 14.9. The average Bonchev–Trinajstić information content (AvgIpc) is 2.57. The highest BCUT2D eigenvalue weighted by molar-refractivity contribution is 5.70. The number of nitrogens with zero attached hydrogens (tertiary/aromatic N) is 2. The van der Waals surface area contributed by atoms with Crippen LogP contribution in [0.15, 0.2) is 42.6 Å². The fourth-order valence-corrected chi connectivity index (χ4v) is 3.88. The quantitative estimate of drug-likeness (QED) is 0.775. The van der Waals surface area contributed by atoms with Crippen LogP contribution in [-0.4, -0.2) is 48.5 Å². The lowest BCUT2D eigenvalue weighted by molar-refractivity contribution is -0.200. The van der Waals surface area contributed by atoms with Gasteiger partial charge in [-0.3, -0.25) is 4.90 Å². The number of hydrogen-bond acceptors (Lipinski definition) is 6. The van der Waals surface area contributed by atoms with Crippen LogP contribution in [0.3, 0.4) is 0 Å². The number of benzene rings is 1. The van der Waals surface area contributed by atoms with Crippen molar-refractivity contribution in [2.24, 2.45) is 5.41 Å². The molecule has 2 unspecified atom stereocenters. The second kappa shape index (κ2) is 6.70. The molecule has 0 radical (unpaired) electrons. The Hall–Kier alpha value is -2.44. The summed E-state index contributed by atoms with van der Waals surface area (Å²) in [5, 5.41) is 3.25. The predicted molar refractivity (Wildman–Crippen MR) is 101 cm³/mol. The smallest absolute Gasteiger partial charge is 0.149 e. The second-order valence-electron chi connectivity index (χ2n) is 7.50. The number of likely N-dealkylation sites (tertiary alicyclic amines) is 1. The van der Waals surface area contributed by atoms with Gasteiger partial charge in [0.25, 0.3) is 0 Å². The number of nitrogen functional groups attached to an aromatic ring is 1. The molecule has 1 aromatic heterocycles. The van der Waals surface area contributed by atoms with E-state index in [1.54, 1.807) is 18.3 Å². The Labute approximate surface area is 153 Å². The molecule has 4 rings (SSSR count). The minimum atomic E-state index is -0.437. The predicted octanol–water partition coefficient (Wildman–Crippen LogP) is 2.03. The van der Waals surface area contributed by atoms with Crippen molar-refractivity contribution in [3.63, 3.8) is 0 Å². The van der Waals surface area contributed by atoms with Crippen LogP contribution in [0.1, 0.15) is 17.2 Å². The summed E-state index contributed by atoms with van der Waals surface area (Å²) in [7, 11) is 0. The summed E-state index contributed by atoms with van der Waals surface area (Å²) < 4.78 is 5.39. The fourth-order valence-electron chi connectivity index (χ4n) is 3.88. The van der Waals surface area contributed by atoms with Gasteiger partial charge in [-0.15, -0.1) is 0 Å². The van der Waals surface area contributed by atoms with Crippen LogP contribution in [0, 0.1) is 12.3 Å². The first-order chi connectivity index (χ1) is 12.6. The van der Waals surface area contributed by atoms with Crippen LogP contribution in [0.25, 0.3) is 0 Å². The van der Waals surface area contributed by atoms with Gasteiger partial charge in [-0.25, -0.2) is 4.98 Å². The zero-order chi connectivity index (χ0) is 18.1. The Bertz CT molecular complexity index is 781. The van der Waals surface area contributed by atoms with E-state index >= 15 is 0 Å². The number of ether oxygens (including phenoxy) is 1. The summed E-state index contributed by atoms with van der Waals surface area (Å²) in [6.07, 6.45) is 2.63. The van der Waals surface area contributed by atoms with Gasteiger partial charge in [-0.05, 0) is 24.6 Å². The molecule has 1 spiro atoms. The van der Waals surface area contributed by atoms with Crippen LogP contribution < -0.4 is 11.1 Å². The first-order valence-electron chi connectivity index (χ1n) is 8.91. The van der Waals surface area contributed by atoms with Crippen LogP contribution in [-0.2, 0) is 9.53 Å². The molecule has 0 aliphatic carbocycles. The fraction of sp³-hybridized carbons (Fsp3) is 0.400. The van der Waals surface area contributed by atoms with Crippen molar-refractivity contribution in [2.45, 2.75) is 19.0 Å². The Morgan fingerprint density at radius 3 is 2.58 bits per heavy atom. The number of anilines is 2. The normalized spacial score (nSPS) is 20.7. The SMILES string of the molecule is Cc1ccc(C(C(C=O)Nc2ncccc2N)N2CC3(COC3)C2)cc1. The highest BCUT2D eigenvalue weighted by Crippen LogP contribution is 2.43. The van der Waals surface area contributed by atoms with Gasteiger partial charge in [0.15, 0.2) is 0 Å². The zero-order valence-electron chi connectivity index (χ0n) is 14.9. The molecule has 3 N–H and O–H groups in total. The topological polar surface area (TPSA) is 80.5 Å². The molecule has 6 heteroatoms. The van der Waals surface area contributed by atoms with Crippen molar-refractivity contribution < 1.29 is 9.53 Å². The Morgan fingerprint density at radius 2 is 2.00 bits per heavy atom. The number of carbonyl (C=O) groups excluding carboxylic acids is 1. The second-order valence-corrected chi connectivity index (χ2v) is 7.50. The van der Waals surface area contributed by atoms with Crippen molar-refractivity contribution in [2.75, 3.05) is 37.4 Å². The number of carbonyl (C=O) groups is 1. The van der Waals surface area contributed by atoms with Gasteiger partial charge in [-0.2, -0.15) is 0 Å². The van der Waals surface area contributed by atoms with E-state index in [9.17, 15) is 4.79 Å². The van der Waals surface area contributed by atoms with Crippen molar-refractivity contribution in [3.05, 3.63) is 53.7 Å². The summed E-state index contributed by atoms with van der Waals surface area (Å²) in [4.78, 5) is 18.6. The minimum absolute atomic E-state index is 0.0688. The summed E-state index contributed by atoms with van der Waals surface area (Å²) in [6.45, 7) is 5.57. The largest absolute Gasteiger partial charge is 0.396 e. The maximum atomic E-state index is 12.0. The molecule has 2 aromatic rings. The molecule has 2 fully saturated rings. The van der Waals surface area contributed by atoms with E-state index in [-0.39, 0.29) is 11.5 Å². The third kappa shape index (κ3) is 3.06. The molecule has 2 atom stereocenters. The highest BCUT2D eigenvalue weighted by atomic mass is 16.5. The summed E-state index contributed by atoms with van der Waals surface area (Å²) in [5.41, 5.74) is 9.14. The van der Waals surface area contributed by atoms with Crippen molar-refractivity contribution in [1.29, 1.82) is 0 Å². The number of hydrogen-bond donors (Lipinski definition) is 2. The standard InChI is InChI=1S/C20H24N4O2/c1-14-4-6-15(7-5-14)18(24-10-20(11-24)12-26-13-20)17(9-25)23-19-16(21)3-2-8-22-19/h2-9,17-18H,10-13,21H2,1H3,(H,22,23). The first kappa shape index (κ1) is 17.0. The van der Waals surface area contributed by atoms with Gasteiger partial charge in [0, 0.05) is 24.7 Å². The van der Waals surface area contributed by atoms with E-state index < -0.39 is 6.04 Å². The Balaban J connectivity index is 1.61. The molecule has 3 heterocycles. The molecular formula is C20H24N4O2. The molecular weight excluding hydrogens is 328 g/mol. The lowest BCUT2D eigenvalue weighted by Gasteiger charge is -2.58. The first-order valence-corrected chi connectivity index (χ1v) is 8.91. The molecule has 6 nitrogen and oxygen atoms in total. The maximum absolute atomic E-state index is 12.0. The molecule has 0 amide bonds. The number of nitrogens with two attached hydrogens (primary N) is 1. The molecule has 2 aliphatic heterocycles. The number of nitrogens with one attached hydrogen (secondary N) is 1. The van der Waals surface area contributed by atoms with Gasteiger partial charge in [0.05, 0.1) is 24.9 Å². The van der Waals surface area contributed by atoms with Gasteiger partial charge in [0.1, 0.15) is 18.1 Å². The van der Waals surface area contributed by atoms with Gasteiger partial charge < -0.3 is 20.6 Å². The number of aryl methyl sites for hydroxylation is 1. The van der Waals surface area contributed by atoms with E-state index in [2.05, 4.69) is 46.4 Å². The minimum Gasteiger partial charge on any atom is -0.396 e. The number of aromatic nitrogens is 1. The highest BCUT2D eigenvalue weighted by Gasteiger charge is 2.52. The third-order valence-electron chi connectivity index (χ3n) is 5.33. The van der Waals surface area contributed by atoms with Crippen molar-refractivity contribution in [1.82, 2.24) is 9.88 Å². The Kier molecular flexibility index (Phi) is 4.38. The molecule has 1 aromatic carbocycles. The average molecular weight is 352 g/mol. The van der Waals surface area contributed by atoms with Crippen LogP contribution in [0.4, 0.5) is 11.5 Å². The van der Waals surface area contributed by atoms with Crippen LogP contribution >= 0.6 is 0 Å².